The molecule has 1 aromatic rings. The molecule has 1 N–H and O–H groups in total. The Kier molecular flexibility index (Phi) is 5.89. The summed E-state index contributed by atoms with van der Waals surface area (Å²) in [6.07, 6.45) is 3.02. The van der Waals surface area contributed by atoms with Crippen LogP contribution in [0.3, 0.4) is 0 Å². The van der Waals surface area contributed by atoms with Crippen LogP contribution in [0, 0.1) is 0 Å². The number of thiazole rings is 1. The van der Waals surface area contributed by atoms with Gasteiger partial charge >= 0.3 is 0 Å². The number of aromatic nitrogens is 1. The highest BCUT2D eigenvalue weighted by molar-refractivity contribution is 9.11. The van der Waals surface area contributed by atoms with Gasteiger partial charge in [-0.2, -0.15) is 0 Å². The largest absolute Gasteiger partial charge is 0.307 e. The Morgan fingerprint density at radius 2 is 2.25 bits per heavy atom. The Morgan fingerprint density at radius 3 is 2.69 bits per heavy atom. The van der Waals surface area contributed by atoms with Gasteiger partial charge in [-0.25, -0.2) is 4.98 Å². The first-order chi connectivity index (χ1) is 7.54. The van der Waals surface area contributed by atoms with Crippen LogP contribution in [0.5, 0.6) is 0 Å². The van der Waals surface area contributed by atoms with Crippen molar-refractivity contribution in [2.75, 3.05) is 20.6 Å². The van der Waals surface area contributed by atoms with E-state index < -0.39 is 0 Å². The molecule has 0 aliphatic rings. The third-order valence-corrected chi connectivity index (χ3v) is 4.39. The van der Waals surface area contributed by atoms with Gasteiger partial charge in [-0.05, 0) is 43.4 Å². The number of nitrogens with zero attached hydrogens (tertiary/aromatic N) is 2. The summed E-state index contributed by atoms with van der Waals surface area (Å²) in [5, 5.41) is 4.67. The first-order valence-electron chi connectivity index (χ1n) is 5.55. The van der Waals surface area contributed by atoms with Gasteiger partial charge in [0.05, 0.1) is 16.0 Å². The molecule has 0 fully saturated rings. The second-order valence-corrected chi connectivity index (χ2v) is 6.60. The summed E-state index contributed by atoms with van der Waals surface area (Å²) in [6.45, 7) is 5.38. The van der Waals surface area contributed by atoms with Crippen molar-refractivity contribution in [3.63, 3.8) is 0 Å². The Hall–Kier alpha value is 0.0300. The lowest BCUT2D eigenvalue weighted by atomic mass is 10.2. The smallest absolute Gasteiger partial charge is 0.110 e. The fourth-order valence-electron chi connectivity index (χ4n) is 1.56. The molecule has 0 amide bonds. The molecule has 3 nitrogen and oxygen atoms in total. The van der Waals surface area contributed by atoms with Gasteiger partial charge in [-0.15, -0.1) is 11.3 Å². The van der Waals surface area contributed by atoms with Crippen LogP contribution in [-0.4, -0.2) is 36.6 Å². The standard InChI is InChI=1S/C11H20BrN3S/c1-5-9(15(3)4)6-13-8(2)11-14-7-10(12)16-11/h7-9,13H,5-6H2,1-4H3. The second kappa shape index (κ2) is 6.69. The lowest BCUT2D eigenvalue weighted by molar-refractivity contribution is 0.270. The number of hydrogen-bond donors (Lipinski definition) is 1. The predicted molar refractivity (Wildman–Crippen MR) is 74.0 cm³/mol. The van der Waals surface area contributed by atoms with Crippen LogP contribution >= 0.6 is 27.3 Å². The van der Waals surface area contributed by atoms with E-state index >= 15 is 0 Å². The van der Waals surface area contributed by atoms with Crippen LogP contribution < -0.4 is 5.32 Å². The molecular formula is C11H20BrN3S. The summed E-state index contributed by atoms with van der Waals surface area (Å²) in [4.78, 5) is 6.62. The Labute approximate surface area is 110 Å². The van der Waals surface area contributed by atoms with Gasteiger partial charge in [-0.3, -0.25) is 0 Å². The van der Waals surface area contributed by atoms with Crippen molar-refractivity contribution in [3.05, 3.63) is 15.0 Å². The third-order valence-electron chi connectivity index (χ3n) is 2.73. The van der Waals surface area contributed by atoms with Crippen LogP contribution in [0.4, 0.5) is 0 Å². The average Bonchev–Trinajstić information content (AvgIpc) is 2.65. The maximum Gasteiger partial charge on any atom is 0.110 e. The monoisotopic (exact) mass is 305 g/mol. The molecule has 0 bridgehead atoms. The summed E-state index contributed by atoms with van der Waals surface area (Å²) in [5.41, 5.74) is 0. The van der Waals surface area contributed by atoms with Crippen LogP contribution in [0.25, 0.3) is 0 Å². The lowest BCUT2D eigenvalue weighted by Crippen LogP contribution is -2.38. The molecule has 2 atom stereocenters. The number of halogens is 1. The highest BCUT2D eigenvalue weighted by Gasteiger charge is 2.13. The number of rotatable bonds is 6. The highest BCUT2D eigenvalue weighted by Crippen LogP contribution is 2.24. The van der Waals surface area contributed by atoms with E-state index in [2.05, 4.69) is 59.1 Å². The van der Waals surface area contributed by atoms with Crippen molar-refractivity contribution in [1.82, 2.24) is 15.2 Å². The molecule has 1 aromatic heterocycles. The van der Waals surface area contributed by atoms with E-state index in [1.54, 1.807) is 11.3 Å². The maximum atomic E-state index is 4.36. The van der Waals surface area contributed by atoms with Crippen LogP contribution in [-0.2, 0) is 0 Å². The van der Waals surface area contributed by atoms with Gasteiger partial charge in [-0.1, -0.05) is 6.92 Å². The molecule has 0 radical (unpaired) electrons. The summed E-state index contributed by atoms with van der Waals surface area (Å²) in [6, 6.07) is 0.913. The maximum absolute atomic E-state index is 4.36. The zero-order valence-corrected chi connectivity index (χ0v) is 12.7. The Bertz CT molecular complexity index is 314. The minimum Gasteiger partial charge on any atom is -0.307 e. The van der Waals surface area contributed by atoms with Crippen LogP contribution in [0.15, 0.2) is 9.98 Å². The Morgan fingerprint density at radius 1 is 1.56 bits per heavy atom. The molecule has 1 rings (SSSR count). The molecule has 16 heavy (non-hydrogen) atoms. The van der Waals surface area contributed by atoms with Crippen LogP contribution in [0.1, 0.15) is 31.3 Å². The zero-order chi connectivity index (χ0) is 12.1. The molecule has 0 aliphatic heterocycles. The van der Waals surface area contributed by atoms with Crippen molar-refractivity contribution in [2.24, 2.45) is 0 Å². The molecule has 1 heterocycles. The van der Waals surface area contributed by atoms with E-state index in [1.165, 1.54) is 0 Å². The molecule has 0 aliphatic carbocycles. The quantitative estimate of drug-likeness (QED) is 0.876. The highest BCUT2D eigenvalue weighted by atomic mass is 79.9. The fraction of sp³-hybridized carbons (Fsp3) is 0.727. The van der Waals surface area contributed by atoms with Gasteiger partial charge in [0.1, 0.15) is 5.01 Å². The van der Waals surface area contributed by atoms with E-state index in [1.807, 2.05) is 6.20 Å². The number of hydrogen-bond acceptors (Lipinski definition) is 4. The molecule has 0 saturated carbocycles. The van der Waals surface area contributed by atoms with E-state index in [-0.39, 0.29) is 0 Å². The molecule has 0 spiro atoms. The first kappa shape index (κ1) is 14.1. The molecular weight excluding hydrogens is 286 g/mol. The molecule has 2 unspecified atom stereocenters. The summed E-state index contributed by atoms with van der Waals surface area (Å²) in [5.74, 6) is 0. The molecule has 5 heteroatoms. The minimum absolute atomic E-state index is 0.324. The normalized spacial score (nSPS) is 15.4. The van der Waals surface area contributed by atoms with Gasteiger partial charge in [0.2, 0.25) is 0 Å². The second-order valence-electron chi connectivity index (χ2n) is 4.16. The predicted octanol–water partition coefficient (Wildman–Crippen LogP) is 2.90. The van der Waals surface area contributed by atoms with Crippen molar-refractivity contribution in [1.29, 1.82) is 0 Å². The van der Waals surface area contributed by atoms with Gasteiger partial charge in [0.15, 0.2) is 0 Å². The SMILES string of the molecule is CCC(CNC(C)c1ncc(Br)s1)N(C)C. The van der Waals surface area contributed by atoms with E-state index in [0.29, 0.717) is 12.1 Å². The van der Waals surface area contributed by atoms with Crippen LogP contribution in [0.2, 0.25) is 0 Å². The average molecular weight is 306 g/mol. The minimum atomic E-state index is 0.324. The Balaban J connectivity index is 2.43. The van der Waals surface area contributed by atoms with Crippen molar-refractivity contribution in [3.8, 4) is 0 Å². The number of nitrogens with one attached hydrogen (secondary N) is 1. The van der Waals surface area contributed by atoms with E-state index in [4.69, 9.17) is 0 Å². The summed E-state index contributed by atoms with van der Waals surface area (Å²) >= 11 is 5.13. The fourth-order valence-corrected chi connectivity index (χ4v) is 2.83. The summed E-state index contributed by atoms with van der Waals surface area (Å²) in [7, 11) is 4.25. The van der Waals surface area contributed by atoms with Gasteiger partial charge < -0.3 is 10.2 Å². The molecule has 0 saturated heterocycles. The topological polar surface area (TPSA) is 28.2 Å². The van der Waals surface area contributed by atoms with E-state index in [0.717, 1.165) is 21.8 Å². The zero-order valence-electron chi connectivity index (χ0n) is 10.3. The van der Waals surface area contributed by atoms with Crippen molar-refractivity contribution >= 4 is 27.3 Å². The molecule has 0 aromatic carbocycles. The lowest BCUT2D eigenvalue weighted by Gasteiger charge is -2.24. The van der Waals surface area contributed by atoms with Crippen molar-refractivity contribution < 1.29 is 0 Å². The van der Waals surface area contributed by atoms with Gasteiger partial charge in [0.25, 0.3) is 0 Å². The third kappa shape index (κ3) is 4.13. The van der Waals surface area contributed by atoms with Gasteiger partial charge in [0, 0.05) is 12.6 Å². The van der Waals surface area contributed by atoms with Crippen molar-refractivity contribution in [2.45, 2.75) is 32.4 Å². The van der Waals surface area contributed by atoms with E-state index in [9.17, 15) is 0 Å². The molecule has 92 valence electrons. The summed E-state index contributed by atoms with van der Waals surface area (Å²) < 4.78 is 1.09. The number of likely N-dealkylation sites (N-methyl/N-ethyl adjacent to an activating group) is 1. The first-order valence-corrected chi connectivity index (χ1v) is 7.16.